The van der Waals surface area contributed by atoms with Crippen LogP contribution < -0.4 is 15.4 Å². The summed E-state index contributed by atoms with van der Waals surface area (Å²) < 4.78 is 43.5. The van der Waals surface area contributed by atoms with E-state index in [1.54, 1.807) is 0 Å². The van der Waals surface area contributed by atoms with Crippen molar-refractivity contribution in [2.24, 2.45) is 4.99 Å². The number of ether oxygens (including phenoxy) is 1. The first-order valence-electron chi connectivity index (χ1n) is 7.66. The van der Waals surface area contributed by atoms with Crippen molar-refractivity contribution in [3.63, 3.8) is 0 Å². The molecule has 0 aliphatic rings. The van der Waals surface area contributed by atoms with Crippen molar-refractivity contribution < 1.29 is 17.9 Å². The topological polar surface area (TPSA) is 58.5 Å². The van der Waals surface area contributed by atoms with E-state index in [0.717, 1.165) is 18.9 Å². The van der Waals surface area contributed by atoms with Crippen LogP contribution in [0.2, 0.25) is 0 Å². The van der Waals surface area contributed by atoms with Gasteiger partial charge in [-0.15, -0.1) is 24.0 Å². The monoisotopic (exact) mass is 460 g/mol. The molecular weight excluding hydrogens is 436 g/mol. The predicted octanol–water partition coefficient (Wildman–Crippen LogP) is 3.45. The van der Waals surface area contributed by atoms with Crippen LogP contribution in [-0.2, 0) is 6.18 Å². The third kappa shape index (κ3) is 8.55. The van der Waals surface area contributed by atoms with Crippen molar-refractivity contribution in [1.82, 2.24) is 15.6 Å². The van der Waals surface area contributed by atoms with E-state index in [1.165, 1.54) is 12.3 Å². The van der Waals surface area contributed by atoms with Gasteiger partial charge in [0.1, 0.15) is 12.2 Å². The summed E-state index contributed by atoms with van der Waals surface area (Å²) >= 11 is 0. The summed E-state index contributed by atoms with van der Waals surface area (Å²) in [7, 11) is 0. The van der Waals surface area contributed by atoms with E-state index in [9.17, 15) is 13.2 Å². The minimum Gasteiger partial charge on any atom is -0.475 e. The first kappa shape index (κ1) is 22.7. The number of nitrogens with one attached hydrogen (secondary N) is 2. The Balaban J connectivity index is 0.00000529. The number of unbranched alkanes of at least 4 members (excludes halogenated alkanes) is 1. The van der Waals surface area contributed by atoms with Crippen LogP contribution in [0.25, 0.3) is 0 Å². The molecule has 0 radical (unpaired) electrons. The van der Waals surface area contributed by atoms with E-state index in [4.69, 9.17) is 4.74 Å². The van der Waals surface area contributed by atoms with Gasteiger partial charge in [-0.3, -0.25) is 4.99 Å². The van der Waals surface area contributed by atoms with Gasteiger partial charge in [-0.1, -0.05) is 13.3 Å². The molecule has 0 saturated heterocycles. The summed E-state index contributed by atoms with van der Waals surface area (Å²) in [5.74, 6) is 0.219. The number of nitrogens with zero attached hydrogens (tertiary/aromatic N) is 2. The maximum Gasteiger partial charge on any atom is 0.421 e. The molecule has 0 atom stereocenters. The number of halogens is 4. The van der Waals surface area contributed by atoms with E-state index >= 15 is 0 Å². The zero-order valence-corrected chi connectivity index (χ0v) is 16.1. The molecule has 5 nitrogen and oxygen atoms in total. The molecule has 1 rings (SSSR count). The second-order valence-electron chi connectivity index (χ2n) is 4.74. The summed E-state index contributed by atoms with van der Waals surface area (Å²) in [6.45, 7) is 5.80. The van der Waals surface area contributed by atoms with Gasteiger partial charge in [0.15, 0.2) is 5.96 Å². The molecule has 2 N–H and O–H groups in total. The summed E-state index contributed by atoms with van der Waals surface area (Å²) in [4.78, 5) is 7.99. The van der Waals surface area contributed by atoms with Crippen molar-refractivity contribution in [1.29, 1.82) is 0 Å². The molecule has 0 aliphatic heterocycles. The van der Waals surface area contributed by atoms with Gasteiger partial charge in [-0.2, -0.15) is 13.2 Å². The zero-order valence-electron chi connectivity index (χ0n) is 13.8. The van der Waals surface area contributed by atoms with Crippen LogP contribution in [0.1, 0.15) is 32.3 Å². The maximum atomic E-state index is 12.8. The summed E-state index contributed by atoms with van der Waals surface area (Å²) in [6, 6.07) is 2.18. The molecule has 0 bridgehead atoms. The minimum absolute atomic E-state index is 0. The largest absolute Gasteiger partial charge is 0.475 e. The van der Waals surface area contributed by atoms with Crippen molar-refractivity contribution in [2.75, 3.05) is 26.2 Å². The number of alkyl halides is 3. The van der Waals surface area contributed by atoms with Crippen molar-refractivity contribution in [2.45, 2.75) is 32.9 Å². The lowest BCUT2D eigenvalue weighted by molar-refractivity contribution is -0.139. The highest BCUT2D eigenvalue weighted by atomic mass is 127. The molecule has 1 heterocycles. The SMILES string of the molecule is CCCCN=C(NCC)NCCOc1ncccc1C(F)(F)F.I. The molecule has 0 fully saturated rings. The molecular formula is C15H24F3IN4O. The molecule has 9 heteroatoms. The van der Waals surface area contributed by atoms with Crippen molar-refractivity contribution in [3.8, 4) is 5.88 Å². The van der Waals surface area contributed by atoms with Crippen LogP contribution in [0.5, 0.6) is 5.88 Å². The average molecular weight is 460 g/mol. The summed E-state index contributed by atoms with van der Waals surface area (Å²) in [6.07, 6.45) is -1.18. The molecule has 1 aromatic rings. The molecule has 0 saturated carbocycles. The molecule has 0 amide bonds. The lowest BCUT2D eigenvalue weighted by atomic mass is 10.2. The molecule has 0 unspecified atom stereocenters. The first-order chi connectivity index (χ1) is 11.0. The Morgan fingerprint density at radius 1 is 1.29 bits per heavy atom. The highest BCUT2D eigenvalue weighted by molar-refractivity contribution is 14.0. The maximum absolute atomic E-state index is 12.8. The van der Waals surface area contributed by atoms with Crippen LogP contribution in [-0.4, -0.2) is 37.2 Å². The van der Waals surface area contributed by atoms with Gasteiger partial charge in [-0.25, -0.2) is 4.98 Å². The summed E-state index contributed by atoms with van der Waals surface area (Å²) in [5.41, 5.74) is -0.872. The highest BCUT2D eigenvalue weighted by Gasteiger charge is 2.34. The fraction of sp³-hybridized carbons (Fsp3) is 0.600. The number of hydrogen-bond donors (Lipinski definition) is 2. The smallest absolute Gasteiger partial charge is 0.421 e. The Hall–Kier alpha value is -1.26. The molecule has 0 aliphatic carbocycles. The quantitative estimate of drug-likeness (QED) is 0.270. The Kier molecular flexibility index (Phi) is 11.5. The normalized spacial score (nSPS) is 11.6. The molecule has 0 spiro atoms. The third-order valence-corrected chi connectivity index (χ3v) is 2.84. The van der Waals surface area contributed by atoms with E-state index in [1.807, 2.05) is 6.92 Å². The fourth-order valence-corrected chi connectivity index (χ4v) is 1.73. The van der Waals surface area contributed by atoms with Gasteiger partial charge < -0.3 is 15.4 Å². The number of rotatable bonds is 8. The van der Waals surface area contributed by atoms with E-state index in [0.29, 0.717) is 25.6 Å². The van der Waals surface area contributed by atoms with E-state index in [2.05, 4.69) is 27.5 Å². The predicted molar refractivity (Wildman–Crippen MR) is 99.0 cm³/mol. The Bertz CT molecular complexity index is 498. The number of hydrogen-bond acceptors (Lipinski definition) is 3. The van der Waals surface area contributed by atoms with Gasteiger partial charge in [-0.05, 0) is 25.5 Å². The molecule has 138 valence electrons. The van der Waals surface area contributed by atoms with Crippen LogP contribution in [0.3, 0.4) is 0 Å². The van der Waals surface area contributed by atoms with E-state index < -0.39 is 17.6 Å². The number of aromatic nitrogens is 1. The average Bonchev–Trinajstić information content (AvgIpc) is 2.51. The van der Waals surface area contributed by atoms with Crippen LogP contribution in [0.15, 0.2) is 23.3 Å². The van der Waals surface area contributed by atoms with Crippen LogP contribution in [0, 0.1) is 0 Å². The molecule has 0 aromatic carbocycles. The third-order valence-electron chi connectivity index (χ3n) is 2.84. The Morgan fingerprint density at radius 2 is 2.04 bits per heavy atom. The van der Waals surface area contributed by atoms with Gasteiger partial charge in [0.25, 0.3) is 0 Å². The first-order valence-corrected chi connectivity index (χ1v) is 7.66. The van der Waals surface area contributed by atoms with Gasteiger partial charge in [0.2, 0.25) is 5.88 Å². The standard InChI is InChI=1S/C15H23F3N4O.HI/c1-3-5-8-21-14(19-4-2)22-10-11-23-13-12(15(16,17)18)7-6-9-20-13;/h6-7,9H,3-5,8,10-11H2,1-2H3,(H2,19,21,22);1H. The zero-order chi connectivity index (χ0) is 17.1. The van der Waals surface area contributed by atoms with Crippen molar-refractivity contribution in [3.05, 3.63) is 23.9 Å². The lowest BCUT2D eigenvalue weighted by Gasteiger charge is -2.14. The Labute approximate surface area is 157 Å². The highest BCUT2D eigenvalue weighted by Crippen LogP contribution is 2.34. The molecule has 1 aromatic heterocycles. The number of aliphatic imine (C=N–C) groups is 1. The fourth-order valence-electron chi connectivity index (χ4n) is 1.73. The number of guanidine groups is 1. The summed E-state index contributed by atoms with van der Waals surface area (Å²) in [5, 5.41) is 6.08. The second kappa shape index (κ2) is 12.2. The molecule has 24 heavy (non-hydrogen) atoms. The van der Waals surface area contributed by atoms with Gasteiger partial charge in [0, 0.05) is 19.3 Å². The minimum atomic E-state index is -4.48. The van der Waals surface area contributed by atoms with Crippen LogP contribution in [0.4, 0.5) is 13.2 Å². The van der Waals surface area contributed by atoms with Gasteiger partial charge >= 0.3 is 6.18 Å². The second-order valence-corrected chi connectivity index (χ2v) is 4.74. The number of pyridine rings is 1. The van der Waals surface area contributed by atoms with Crippen LogP contribution >= 0.6 is 24.0 Å². The van der Waals surface area contributed by atoms with Crippen molar-refractivity contribution >= 4 is 29.9 Å². The lowest BCUT2D eigenvalue weighted by Crippen LogP contribution is -2.39. The van der Waals surface area contributed by atoms with E-state index in [-0.39, 0.29) is 30.6 Å². The van der Waals surface area contributed by atoms with Gasteiger partial charge in [0.05, 0.1) is 6.54 Å². The Morgan fingerprint density at radius 3 is 2.67 bits per heavy atom.